The van der Waals surface area contributed by atoms with E-state index in [0.29, 0.717) is 0 Å². The van der Waals surface area contributed by atoms with Gasteiger partial charge in [0.15, 0.2) is 0 Å². The topological polar surface area (TPSA) is 25.8 Å². The molecule has 2 aliphatic carbocycles. The number of aryl methyl sites for hydroxylation is 3. The summed E-state index contributed by atoms with van der Waals surface area (Å²) in [6.07, 6.45) is 0. The van der Waals surface area contributed by atoms with Crippen molar-refractivity contribution in [2.24, 2.45) is 0 Å². The molecule has 434 valence electrons. The zero-order valence-corrected chi connectivity index (χ0v) is 51.8. The Morgan fingerprint density at radius 1 is 0.194 bits per heavy atom. The second kappa shape index (κ2) is 21.7. The normalized spacial score (nSPS) is 11.8. The van der Waals surface area contributed by atoms with Crippen molar-refractivity contribution >= 4 is 64.6 Å². The van der Waals surface area contributed by atoms with Crippen molar-refractivity contribution in [2.75, 3.05) is 0 Å². The monoisotopic (exact) mass is 1180 g/mol. The largest absolute Gasteiger partial charge is 0.258 e. The lowest BCUT2D eigenvalue weighted by Gasteiger charge is -2.20. The van der Waals surface area contributed by atoms with E-state index in [0.717, 1.165) is 28.3 Å². The Morgan fingerprint density at radius 3 is 0.935 bits per heavy atom. The molecule has 0 aliphatic heterocycles. The Labute approximate surface area is 541 Å². The van der Waals surface area contributed by atoms with Crippen LogP contribution in [0.15, 0.2) is 309 Å². The molecule has 0 unspecified atom stereocenters. The molecule has 0 saturated carbocycles. The van der Waals surface area contributed by atoms with Gasteiger partial charge in [0.25, 0.3) is 0 Å². The van der Waals surface area contributed by atoms with Crippen LogP contribution in [0, 0.1) is 20.8 Å². The Bertz CT molecular complexity index is 5910. The van der Waals surface area contributed by atoms with E-state index in [1.165, 1.54) is 176 Å². The zero-order chi connectivity index (χ0) is 61.8. The van der Waals surface area contributed by atoms with E-state index < -0.39 is 0 Å². The first-order chi connectivity index (χ1) is 45.9. The van der Waals surface area contributed by atoms with E-state index in [1.54, 1.807) is 0 Å². The molecule has 93 heavy (non-hydrogen) atoms. The van der Waals surface area contributed by atoms with E-state index >= 15 is 0 Å². The molecule has 2 heteroatoms. The maximum Gasteiger partial charge on any atom is 0.0783 e. The number of aromatic nitrogens is 2. The summed E-state index contributed by atoms with van der Waals surface area (Å²) in [5.74, 6) is 0. The van der Waals surface area contributed by atoms with Crippen molar-refractivity contribution in [1.82, 2.24) is 9.97 Å². The Kier molecular flexibility index (Phi) is 12.6. The van der Waals surface area contributed by atoms with Gasteiger partial charge in [-0.05, 0) is 234 Å². The van der Waals surface area contributed by atoms with Crippen molar-refractivity contribution < 1.29 is 0 Å². The van der Waals surface area contributed by atoms with Crippen LogP contribution in [0.5, 0.6) is 0 Å². The van der Waals surface area contributed by atoms with E-state index in [4.69, 9.17) is 9.97 Å². The second-order valence-corrected chi connectivity index (χ2v) is 25.1. The first kappa shape index (κ1) is 54.1. The van der Waals surface area contributed by atoms with Crippen LogP contribution < -0.4 is 0 Å². The molecular formula is C91H60N2. The van der Waals surface area contributed by atoms with Gasteiger partial charge in [0.05, 0.1) is 5.69 Å². The minimum atomic E-state index is 1.02. The predicted octanol–water partition coefficient (Wildman–Crippen LogP) is 25.0. The van der Waals surface area contributed by atoms with Gasteiger partial charge >= 0.3 is 0 Å². The number of nitrogens with zero attached hydrogens (tertiary/aromatic N) is 2. The summed E-state index contributed by atoms with van der Waals surface area (Å²) < 4.78 is 0. The predicted molar refractivity (Wildman–Crippen MR) is 395 cm³/mol. The summed E-state index contributed by atoms with van der Waals surface area (Å²) >= 11 is 0. The average molecular weight is 1180 g/mol. The molecular weight excluding hydrogens is 1120 g/mol. The molecule has 0 N–H and O–H groups in total. The second-order valence-electron chi connectivity index (χ2n) is 25.1. The number of rotatable bonds is 7. The van der Waals surface area contributed by atoms with Gasteiger partial charge < -0.3 is 0 Å². The van der Waals surface area contributed by atoms with Crippen molar-refractivity contribution in [3.8, 4) is 123 Å². The molecule has 0 radical (unpaired) electrons. The summed E-state index contributed by atoms with van der Waals surface area (Å²) in [6.45, 7) is 6.27. The SMILES string of the molecule is Cc1cc2cc(-c3cc4c5c(cccc5c3)-c3c-4c(-c4ccccc4)c4ccccc4c3-c3ccccc3)ccc2c(-c2ccccc2)n1.Cc1cc2cc(-c3cc4c5c(cccc5c3)-c3c-4c(-c4ccccc4)c4ccccc4c3-c3ccccc3)ccc2c(C)n1. The minimum Gasteiger partial charge on any atom is -0.258 e. The van der Waals surface area contributed by atoms with Crippen LogP contribution in [-0.2, 0) is 0 Å². The molecule has 0 amide bonds. The quantitative estimate of drug-likeness (QED) is 0.159. The highest BCUT2D eigenvalue weighted by Crippen LogP contribution is 2.60. The maximum absolute atomic E-state index is 4.97. The summed E-state index contributed by atoms with van der Waals surface area (Å²) in [6, 6.07) is 114. The minimum absolute atomic E-state index is 1.02. The third kappa shape index (κ3) is 8.78. The molecule has 2 aliphatic rings. The van der Waals surface area contributed by atoms with Gasteiger partial charge in [0.1, 0.15) is 0 Å². The molecule has 0 fully saturated rings. The Hall–Kier alpha value is -11.8. The average Bonchev–Trinajstić information content (AvgIpc) is 1.57. The Balaban J connectivity index is 0.000000138. The van der Waals surface area contributed by atoms with Crippen molar-refractivity contribution in [1.29, 1.82) is 0 Å². The lowest BCUT2D eigenvalue weighted by Crippen LogP contribution is -1.93. The van der Waals surface area contributed by atoms with E-state index in [1.807, 2.05) is 0 Å². The number of hydrogen-bond acceptors (Lipinski definition) is 2. The highest BCUT2D eigenvalue weighted by Gasteiger charge is 2.33. The number of pyridine rings is 2. The zero-order valence-electron chi connectivity index (χ0n) is 51.8. The van der Waals surface area contributed by atoms with Crippen LogP contribution in [0.3, 0.4) is 0 Å². The van der Waals surface area contributed by atoms with Crippen LogP contribution >= 0.6 is 0 Å². The standard InChI is InChI=1S/C48H31N.C43H29N/c1-30-26-37-27-34(24-25-38(37)48(49-30)33-18-9-4-10-19-33)36-28-35-20-13-23-41-43(35)42(29-36)47-45(32-16-7-3-8-17-32)40-22-12-11-21-39(40)44(46(41)47)31-14-5-2-6-15-31;1-26-22-33-23-30(20-21-34(33)27(2)44-26)32-24-31-16-11-19-37-39(31)38(25-32)43-41(29-14-7-4-8-15-29)36-18-10-9-17-35(36)40(42(37)43)28-12-5-3-6-13-28/h2-29H,1H3;3-25H,1-2H3. The molecule has 15 aromatic carbocycles. The number of benzene rings is 15. The van der Waals surface area contributed by atoms with Gasteiger partial charge in [0.2, 0.25) is 0 Å². The van der Waals surface area contributed by atoms with Gasteiger partial charge in [0, 0.05) is 33.4 Å². The molecule has 19 rings (SSSR count). The summed E-state index contributed by atoms with van der Waals surface area (Å²) in [5.41, 5.74) is 31.0. The lowest BCUT2D eigenvalue weighted by atomic mass is 9.82. The molecule has 0 bridgehead atoms. The summed E-state index contributed by atoms with van der Waals surface area (Å²) in [4.78, 5) is 9.67. The number of hydrogen-bond donors (Lipinski definition) is 0. The van der Waals surface area contributed by atoms with Gasteiger partial charge in [-0.3, -0.25) is 9.97 Å². The molecule has 2 nitrogen and oxygen atoms in total. The number of fused-ring (bicyclic) bond motifs is 10. The van der Waals surface area contributed by atoms with E-state index in [2.05, 4.69) is 330 Å². The fraction of sp³-hybridized carbons (Fsp3) is 0.0330. The fourth-order valence-electron chi connectivity index (χ4n) is 15.7. The van der Waals surface area contributed by atoms with Crippen molar-refractivity contribution in [3.05, 3.63) is 326 Å². The lowest BCUT2D eigenvalue weighted by molar-refractivity contribution is 1.15. The van der Waals surface area contributed by atoms with Crippen LogP contribution in [0.25, 0.3) is 187 Å². The third-order valence-corrected chi connectivity index (χ3v) is 19.5. The van der Waals surface area contributed by atoms with E-state index in [9.17, 15) is 0 Å². The Morgan fingerprint density at radius 2 is 0.527 bits per heavy atom. The van der Waals surface area contributed by atoms with Crippen molar-refractivity contribution in [2.45, 2.75) is 20.8 Å². The highest BCUT2D eigenvalue weighted by atomic mass is 14.7. The van der Waals surface area contributed by atoms with Gasteiger partial charge in [-0.1, -0.05) is 261 Å². The maximum atomic E-state index is 4.97. The third-order valence-electron chi connectivity index (χ3n) is 19.5. The first-order valence-electron chi connectivity index (χ1n) is 32.3. The van der Waals surface area contributed by atoms with Gasteiger partial charge in [-0.15, -0.1) is 0 Å². The van der Waals surface area contributed by atoms with Crippen LogP contribution in [0.2, 0.25) is 0 Å². The van der Waals surface area contributed by atoms with E-state index in [-0.39, 0.29) is 0 Å². The van der Waals surface area contributed by atoms with Crippen LogP contribution in [0.4, 0.5) is 0 Å². The van der Waals surface area contributed by atoms with Gasteiger partial charge in [-0.25, -0.2) is 0 Å². The van der Waals surface area contributed by atoms with Crippen LogP contribution in [0.1, 0.15) is 17.1 Å². The fourth-order valence-corrected chi connectivity index (χ4v) is 15.7. The summed E-state index contributed by atoms with van der Waals surface area (Å²) in [5, 5.41) is 15.2. The molecule has 17 aromatic rings. The summed E-state index contributed by atoms with van der Waals surface area (Å²) in [7, 11) is 0. The molecule has 2 aromatic heterocycles. The molecule has 2 heterocycles. The molecule has 0 spiro atoms. The smallest absolute Gasteiger partial charge is 0.0783 e. The molecule has 0 saturated heterocycles. The highest BCUT2D eigenvalue weighted by molar-refractivity contribution is 6.30. The van der Waals surface area contributed by atoms with Gasteiger partial charge in [-0.2, -0.15) is 0 Å². The first-order valence-corrected chi connectivity index (χ1v) is 32.3. The van der Waals surface area contributed by atoms with Crippen LogP contribution in [-0.4, -0.2) is 9.97 Å². The molecule has 0 atom stereocenters. The van der Waals surface area contributed by atoms with Crippen molar-refractivity contribution in [3.63, 3.8) is 0 Å².